The van der Waals surface area contributed by atoms with Crippen molar-refractivity contribution in [1.82, 2.24) is 14.8 Å². The topological polar surface area (TPSA) is 79.8 Å². The van der Waals surface area contributed by atoms with E-state index >= 15 is 0 Å². The van der Waals surface area contributed by atoms with Crippen LogP contribution < -0.4 is 0 Å². The Bertz CT molecular complexity index is 952. The van der Waals surface area contributed by atoms with Gasteiger partial charge in [-0.25, -0.2) is 9.37 Å². The highest BCUT2D eigenvalue weighted by atomic mass is 32.1. The molecule has 1 fully saturated rings. The molecule has 0 unspecified atom stereocenters. The Labute approximate surface area is 184 Å². The maximum Gasteiger partial charge on any atom is 0.309 e. The van der Waals surface area contributed by atoms with Gasteiger partial charge in [0.25, 0.3) is 5.91 Å². The molecule has 7 nitrogen and oxygen atoms in total. The summed E-state index contributed by atoms with van der Waals surface area (Å²) in [5, 5.41) is 0.626. The number of amides is 2. The Morgan fingerprint density at radius 1 is 1.23 bits per heavy atom. The van der Waals surface area contributed by atoms with Gasteiger partial charge in [-0.2, -0.15) is 0 Å². The molecule has 2 aromatic rings. The molecule has 0 bridgehead atoms. The van der Waals surface area contributed by atoms with Crippen LogP contribution in [0.5, 0.6) is 0 Å². The smallest absolute Gasteiger partial charge is 0.309 e. The van der Waals surface area contributed by atoms with Crippen LogP contribution in [-0.2, 0) is 14.3 Å². The number of nitrogens with zero attached hydrogens (tertiary/aromatic N) is 3. The second-order valence-corrected chi connectivity index (χ2v) is 8.51. The summed E-state index contributed by atoms with van der Waals surface area (Å²) in [5.74, 6) is -1.15. The van der Waals surface area contributed by atoms with E-state index in [9.17, 15) is 18.8 Å². The normalized spacial score (nSPS) is 14.4. The zero-order chi connectivity index (χ0) is 22.5. The summed E-state index contributed by atoms with van der Waals surface area (Å²) in [6, 6.07) is 5.94. The Hall–Kier alpha value is -2.81. The van der Waals surface area contributed by atoms with Crippen molar-refractivity contribution < 1.29 is 23.5 Å². The van der Waals surface area contributed by atoms with E-state index in [1.54, 1.807) is 37.9 Å². The standard InChI is InChI=1S/C22H26FN3O4S/c1-4-30-22(29)16-9-11-26(12-10-16)18(27)13-25(3)21(28)19-14(2)24-20(31-19)15-5-7-17(23)8-6-15/h5-8,16H,4,9-13H2,1-3H3. The molecule has 0 atom stereocenters. The first kappa shape index (κ1) is 22.9. The largest absolute Gasteiger partial charge is 0.466 e. The van der Waals surface area contributed by atoms with Crippen LogP contribution in [0.1, 0.15) is 35.1 Å². The molecule has 3 rings (SSSR count). The number of halogens is 1. The lowest BCUT2D eigenvalue weighted by Gasteiger charge is -2.32. The summed E-state index contributed by atoms with van der Waals surface area (Å²) < 4.78 is 18.2. The van der Waals surface area contributed by atoms with Crippen molar-refractivity contribution in [1.29, 1.82) is 0 Å². The number of likely N-dealkylation sites (N-methyl/N-ethyl adjacent to an activating group) is 1. The number of carbonyl (C=O) groups is 3. The van der Waals surface area contributed by atoms with Crippen molar-refractivity contribution in [3.05, 3.63) is 40.7 Å². The molecule has 166 valence electrons. The molecule has 0 spiro atoms. The lowest BCUT2D eigenvalue weighted by Crippen LogP contribution is -2.45. The van der Waals surface area contributed by atoms with Gasteiger partial charge in [-0.1, -0.05) is 0 Å². The number of carbonyl (C=O) groups excluding carboxylic acids is 3. The van der Waals surface area contributed by atoms with E-state index in [2.05, 4.69) is 4.98 Å². The van der Waals surface area contributed by atoms with Crippen LogP contribution in [0.2, 0.25) is 0 Å². The number of piperidine rings is 1. The lowest BCUT2D eigenvalue weighted by atomic mass is 9.97. The van der Waals surface area contributed by atoms with Gasteiger partial charge in [-0.3, -0.25) is 14.4 Å². The second-order valence-electron chi connectivity index (χ2n) is 7.51. The van der Waals surface area contributed by atoms with Gasteiger partial charge in [0.05, 0.1) is 24.8 Å². The Morgan fingerprint density at radius 3 is 2.48 bits per heavy atom. The first-order chi connectivity index (χ1) is 14.8. The van der Waals surface area contributed by atoms with Crippen LogP contribution in [0, 0.1) is 18.7 Å². The van der Waals surface area contributed by atoms with E-state index in [1.807, 2.05) is 0 Å². The molecule has 0 saturated carbocycles. The fourth-order valence-corrected chi connectivity index (χ4v) is 4.55. The monoisotopic (exact) mass is 447 g/mol. The molecule has 9 heteroatoms. The fraction of sp³-hybridized carbons (Fsp3) is 0.455. The van der Waals surface area contributed by atoms with E-state index in [1.165, 1.54) is 28.4 Å². The van der Waals surface area contributed by atoms with Gasteiger partial charge < -0.3 is 14.5 Å². The van der Waals surface area contributed by atoms with Crippen molar-refractivity contribution in [2.75, 3.05) is 33.3 Å². The van der Waals surface area contributed by atoms with Crippen molar-refractivity contribution in [3.63, 3.8) is 0 Å². The highest BCUT2D eigenvalue weighted by Gasteiger charge is 2.29. The molecule has 31 heavy (non-hydrogen) atoms. The molecule has 1 saturated heterocycles. The molecule has 0 N–H and O–H groups in total. The fourth-order valence-electron chi connectivity index (χ4n) is 3.48. The summed E-state index contributed by atoms with van der Waals surface area (Å²) in [6.07, 6.45) is 1.13. The molecule has 1 aromatic heterocycles. The van der Waals surface area contributed by atoms with E-state index in [0.29, 0.717) is 48.1 Å². The molecule has 1 aliphatic rings. The van der Waals surface area contributed by atoms with Crippen molar-refractivity contribution in [3.8, 4) is 10.6 Å². The number of aromatic nitrogens is 1. The number of rotatable bonds is 6. The maximum absolute atomic E-state index is 13.2. The number of thiazole rings is 1. The highest BCUT2D eigenvalue weighted by molar-refractivity contribution is 7.17. The zero-order valence-electron chi connectivity index (χ0n) is 17.9. The number of ether oxygens (including phenoxy) is 1. The predicted molar refractivity (Wildman–Crippen MR) is 115 cm³/mol. The summed E-state index contributed by atoms with van der Waals surface area (Å²) in [4.78, 5) is 45.4. The minimum absolute atomic E-state index is 0.0495. The van der Waals surface area contributed by atoms with Crippen LogP contribution in [0.4, 0.5) is 4.39 Å². The van der Waals surface area contributed by atoms with E-state index in [0.717, 1.165) is 5.56 Å². The van der Waals surface area contributed by atoms with E-state index in [-0.39, 0.29) is 36.1 Å². The molecule has 0 aliphatic carbocycles. The van der Waals surface area contributed by atoms with Crippen molar-refractivity contribution in [2.45, 2.75) is 26.7 Å². The molecule has 0 radical (unpaired) electrons. The summed E-state index contributed by atoms with van der Waals surface area (Å²) in [7, 11) is 1.59. The van der Waals surface area contributed by atoms with E-state index < -0.39 is 0 Å². The van der Waals surface area contributed by atoms with Gasteiger partial charge in [0.1, 0.15) is 15.7 Å². The van der Waals surface area contributed by atoms with Gasteiger partial charge in [0.2, 0.25) is 5.91 Å². The van der Waals surface area contributed by atoms with Crippen LogP contribution in [-0.4, -0.2) is 65.9 Å². The van der Waals surface area contributed by atoms with Gasteiger partial charge in [-0.15, -0.1) is 11.3 Å². The third-order valence-electron chi connectivity index (χ3n) is 5.27. The van der Waals surface area contributed by atoms with Gasteiger partial charge in [0, 0.05) is 25.7 Å². The predicted octanol–water partition coefficient (Wildman–Crippen LogP) is 3.13. The molecule has 2 heterocycles. The summed E-state index contributed by atoms with van der Waals surface area (Å²) >= 11 is 1.22. The minimum Gasteiger partial charge on any atom is -0.466 e. The average molecular weight is 448 g/mol. The van der Waals surface area contributed by atoms with Crippen LogP contribution >= 0.6 is 11.3 Å². The Balaban J connectivity index is 1.59. The van der Waals surface area contributed by atoms with Crippen molar-refractivity contribution in [2.24, 2.45) is 5.92 Å². The van der Waals surface area contributed by atoms with Gasteiger partial charge >= 0.3 is 5.97 Å². The van der Waals surface area contributed by atoms with Crippen LogP contribution in [0.3, 0.4) is 0 Å². The second kappa shape index (κ2) is 10.00. The number of hydrogen-bond acceptors (Lipinski definition) is 6. The quantitative estimate of drug-likeness (QED) is 0.636. The number of esters is 1. The minimum atomic E-state index is -0.335. The molecule has 1 aliphatic heterocycles. The third kappa shape index (κ3) is 5.46. The Kier molecular flexibility index (Phi) is 7.37. The number of aryl methyl sites for hydroxylation is 1. The number of hydrogen-bond donors (Lipinski definition) is 0. The molecular weight excluding hydrogens is 421 g/mol. The maximum atomic E-state index is 13.2. The molecule has 2 amide bonds. The van der Waals surface area contributed by atoms with Crippen molar-refractivity contribution >= 4 is 29.1 Å². The SMILES string of the molecule is CCOC(=O)C1CCN(C(=O)CN(C)C(=O)c2sc(-c3ccc(F)cc3)nc2C)CC1. The molecule has 1 aromatic carbocycles. The average Bonchev–Trinajstić information content (AvgIpc) is 3.15. The Morgan fingerprint density at radius 2 is 1.87 bits per heavy atom. The third-order valence-corrected chi connectivity index (χ3v) is 6.46. The molecular formula is C22H26FN3O4S. The first-order valence-corrected chi connectivity index (χ1v) is 11.0. The zero-order valence-corrected chi connectivity index (χ0v) is 18.7. The van der Waals surface area contributed by atoms with Crippen LogP contribution in [0.25, 0.3) is 10.6 Å². The number of benzene rings is 1. The van der Waals surface area contributed by atoms with Gasteiger partial charge in [0.15, 0.2) is 0 Å². The summed E-state index contributed by atoms with van der Waals surface area (Å²) in [6.45, 7) is 4.76. The number of likely N-dealkylation sites (tertiary alicyclic amines) is 1. The highest BCUT2D eigenvalue weighted by Crippen LogP contribution is 2.29. The first-order valence-electron chi connectivity index (χ1n) is 10.2. The lowest BCUT2D eigenvalue weighted by molar-refractivity contribution is -0.151. The van der Waals surface area contributed by atoms with Gasteiger partial charge in [-0.05, 0) is 51.0 Å². The summed E-state index contributed by atoms with van der Waals surface area (Å²) in [5.41, 5.74) is 1.31. The van der Waals surface area contributed by atoms with E-state index in [4.69, 9.17) is 4.74 Å². The van der Waals surface area contributed by atoms with Crippen LogP contribution in [0.15, 0.2) is 24.3 Å².